The van der Waals surface area contributed by atoms with E-state index in [1.54, 1.807) is 12.1 Å². The predicted octanol–water partition coefficient (Wildman–Crippen LogP) is 0.230. The first-order valence-corrected chi connectivity index (χ1v) is 7.00. The van der Waals surface area contributed by atoms with E-state index in [-0.39, 0.29) is 17.3 Å². The van der Waals surface area contributed by atoms with Crippen molar-refractivity contribution in [3.63, 3.8) is 0 Å². The number of carbonyl (C=O) groups is 2. The topological polar surface area (TPSA) is 104 Å². The number of phenolic OH excluding ortho intramolecular Hbond substituents is 1. The first-order chi connectivity index (χ1) is 8.88. The molecule has 0 aliphatic rings. The van der Waals surface area contributed by atoms with Crippen LogP contribution >= 0.6 is 0 Å². The maximum absolute atomic E-state index is 11.8. The van der Waals surface area contributed by atoms with Crippen molar-refractivity contribution in [2.24, 2.45) is 0 Å². The van der Waals surface area contributed by atoms with Crippen LogP contribution in [0.4, 0.5) is 0 Å². The molecule has 1 amide bonds. The quantitative estimate of drug-likeness (QED) is 0.694. The van der Waals surface area contributed by atoms with Crippen LogP contribution in [0.5, 0.6) is 5.75 Å². The fraction of sp³-hybridized carbons (Fsp3) is 0.333. The van der Waals surface area contributed by atoms with Crippen molar-refractivity contribution in [2.75, 3.05) is 5.75 Å². The number of amides is 1. The van der Waals surface area contributed by atoms with Crippen molar-refractivity contribution in [3.8, 4) is 5.75 Å². The fourth-order valence-corrected chi connectivity index (χ4v) is 2.76. The molecule has 1 aromatic rings. The number of carboxylic acids is 1. The monoisotopic (exact) mass is 285 g/mol. The van der Waals surface area contributed by atoms with Crippen molar-refractivity contribution in [3.05, 3.63) is 29.8 Å². The molecule has 0 aliphatic heterocycles. The number of phenols is 1. The summed E-state index contributed by atoms with van der Waals surface area (Å²) in [5.74, 6) is -1.70. The molecule has 0 spiro atoms. The maximum atomic E-state index is 11.8. The van der Waals surface area contributed by atoms with Crippen LogP contribution in [-0.4, -0.2) is 38.1 Å². The average Bonchev–Trinajstić information content (AvgIpc) is 2.27. The first kappa shape index (κ1) is 15.2. The van der Waals surface area contributed by atoms with Crippen LogP contribution in [0.3, 0.4) is 0 Å². The molecule has 0 aliphatic carbocycles. The van der Waals surface area contributed by atoms with Gasteiger partial charge in [0.05, 0.1) is 5.75 Å². The molecular formula is C12H15NO5S. The summed E-state index contributed by atoms with van der Waals surface area (Å²) < 4.78 is 11.8. The van der Waals surface area contributed by atoms with E-state index in [0.29, 0.717) is 5.56 Å². The maximum Gasteiger partial charge on any atom is 0.327 e. The molecule has 104 valence electrons. The molecule has 0 saturated carbocycles. The van der Waals surface area contributed by atoms with E-state index >= 15 is 0 Å². The van der Waals surface area contributed by atoms with Gasteiger partial charge in [0.15, 0.2) is 0 Å². The van der Waals surface area contributed by atoms with Gasteiger partial charge >= 0.3 is 5.97 Å². The number of aromatic hydroxyl groups is 1. The molecule has 2 atom stereocenters. The van der Waals surface area contributed by atoms with E-state index in [0.717, 1.165) is 0 Å². The summed E-state index contributed by atoms with van der Waals surface area (Å²) in [4.78, 5) is 21.7. The molecule has 1 rings (SSSR count). The second kappa shape index (κ2) is 6.89. The molecule has 19 heavy (non-hydrogen) atoms. The average molecular weight is 285 g/mol. The predicted molar refractivity (Wildman–Crippen MR) is 70.1 cm³/mol. The first-order valence-electron chi connectivity index (χ1n) is 5.51. The number of benzene rings is 1. The Morgan fingerprint density at radius 1 is 1.42 bits per heavy atom. The molecule has 0 heterocycles. The number of nitrogens with one attached hydrogen (secondary N) is 1. The third-order valence-electron chi connectivity index (χ3n) is 2.27. The highest BCUT2D eigenvalue weighted by atomic mass is 32.2. The highest BCUT2D eigenvalue weighted by molar-refractivity contribution is 7.84. The second-order valence-electron chi connectivity index (χ2n) is 4.01. The molecule has 0 saturated heterocycles. The standard InChI is InChI=1S/C12H15NO5S/c1-8(14)13-11(12(16)17)7-19(18)6-9-3-2-4-10(15)5-9/h2-5,11,15H,6-7H2,1H3,(H,13,14)(H,16,17)/t11-,19?/m0/s1. The van der Waals surface area contributed by atoms with E-state index in [2.05, 4.69) is 5.32 Å². The van der Waals surface area contributed by atoms with Crippen LogP contribution in [0.1, 0.15) is 12.5 Å². The normalized spacial score (nSPS) is 13.5. The van der Waals surface area contributed by atoms with Crippen LogP contribution in [0.15, 0.2) is 24.3 Å². The van der Waals surface area contributed by atoms with Gasteiger partial charge in [0.2, 0.25) is 5.91 Å². The zero-order chi connectivity index (χ0) is 14.4. The fourth-order valence-electron chi connectivity index (χ4n) is 1.50. The lowest BCUT2D eigenvalue weighted by molar-refractivity contribution is -0.140. The molecule has 0 radical (unpaired) electrons. The Balaban J connectivity index is 2.62. The number of hydrogen-bond acceptors (Lipinski definition) is 4. The third-order valence-corrected chi connectivity index (χ3v) is 3.63. The summed E-state index contributed by atoms with van der Waals surface area (Å²) in [5, 5.41) is 20.4. The van der Waals surface area contributed by atoms with Gasteiger partial charge in [0.25, 0.3) is 0 Å². The summed E-state index contributed by atoms with van der Waals surface area (Å²) in [6.45, 7) is 1.20. The van der Waals surface area contributed by atoms with Gasteiger partial charge in [-0.05, 0) is 17.7 Å². The van der Waals surface area contributed by atoms with Gasteiger partial charge in [-0.1, -0.05) is 12.1 Å². The lowest BCUT2D eigenvalue weighted by Gasteiger charge is -2.12. The number of carbonyl (C=O) groups excluding carboxylic acids is 1. The summed E-state index contributed by atoms with van der Waals surface area (Å²) in [7, 11) is -1.45. The van der Waals surface area contributed by atoms with Crippen molar-refractivity contribution >= 4 is 22.7 Å². The van der Waals surface area contributed by atoms with Crippen LogP contribution < -0.4 is 5.32 Å². The Kier molecular flexibility index (Phi) is 5.50. The summed E-state index contributed by atoms with van der Waals surface area (Å²) in [6, 6.07) is 5.09. The van der Waals surface area contributed by atoms with Gasteiger partial charge < -0.3 is 15.5 Å². The van der Waals surface area contributed by atoms with E-state index in [9.17, 15) is 18.9 Å². The number of aliphatic carboxylic acids is 1. The van der Waals surface area contributed by atoms with E-state index in [1.807, 2.05) is 0 Å². The van der Waals surface area contributed by atoms with E-state index in [4.69, 9.17) is 5.11 Å². The Morgan fingerprint density at radius 3 is 2.63 bits per heavy atom. The Labute approximate surface area is 112 Å². The molecule has 0 aromatic heterocycles. The number of carboxylic acid groups (broad SMARTS) is 1. The summed E-state index contributed by atoms with van der Waals surface area (Å²) in [5.41, 5.74) is 0.644. The van der Waals surface area contributed by atoms with Crippen molar-refractivity contribution in [2.45, 2.75) is 18.7 Å². The van der Waals surface area contributed by atoms with Gasteiger partial charge in [-0.25, -0.2) is 4.79 Å². The van der Waals surface area contributed by atoms with Gasteiger partial charge in [0, 0.05) is 23.5 Å². The molecule has 0 fully saturated rings. The van der Waals surface area contributed by atoms with Crippen molar-refractivity contribution < 1.29 is 24.0 Å². The van der Waals surface area contributed by atoms with Crippen LogP contribution in [0.2, 0.25) is 0 Å². The second-order valence-corrected chi connectivity index (χ2v) is 5.51. The molecule has 0 bridgehead atoms. The number of hydrogen-bond donors (Lipinski definition) is 3. The zero-order valence-electron chi connectivity index (χ0n) is 10.3. The van der Waals surface area contributed by atoms with Gasteiger partial charge in [-0.2, -0.15) is 0 Å². The van der Waals surface area contributed by atoms with Gasteiger partial charge in [-0.15, -0.1) is 0 Å². The van der Waals surface area contributed by atoms with Crippen molar-refractivity contribution in [1.29, 1.82) is 0 Å². The third kappa shape index (κ3) is 5.52. The van der Waals surface area contributed by atoms with Crippen LogP contribution in [0, 0.1) is 0 Å². The number of rotatable bonds is 6. The minimum Gasteiger partial charge on any atom is -0.508 e. The Bertz CT molecular complexity index is 503. The minimum atomic E-state index is -1.45. The van der Waals surface area contributed by atoms with Crippen molar-refractivity contribution in [1.82, 2.24) is 5.32 Å². The molecule has 3 N–H and O–H groups in total. The zero-order valence-corrected chi connectivity index (χ0v) is 11.1. The highest BCUT2D eigenvalue weighted by Gasteiger charge is 2.21. The van der Waals surface area contributed by atoms with E-state index < -0.39 is 28.7 Å². The van der Waals surface area contributed by atoms with Crippen LogP contribution in [-0.2, 0) is 26.1 Å². The van der Waals surface area contributed by atoms with E-state index in [1.165, 1.54) is 19.1 Å². The molecule has 7 heteroatoms. The highest BCUT2D eigenvalue weighted by Crippen LogP contribution is 2.12. The molecule has 1 unspecified atom stereocenters. The van der Waals surface area contributed by atoms with Gasteiger partial charge in [0.1, 0.15) is 11.8 Å². The summed E-state index contributed by atoms with van der Waals surface area (Å²) in [6.07, 6.45) is 0. The minimum absolute atomic E-state index is 0.0612. The summed E-state index contributed by atoms with van der Waals surface area (Å²) >= 11 is 0. The molecule has 1 aromatic carbocycles. The van der Waals surface area contributed by atoms with Crippen LogP contribution in [0.25, 0.3) is 0 Å². The van der Waals surface area contributed by atoms with Gasteiger partial charge in [-0.3, -0.25) is 9.00 Å². The molecular weight excluding hydrogens is 270 g/mol. The lowest BCUT2D eigenvalue weighted by atomic mass is 10.2. The Hall–Kier alpha value is -1.89. The SMILES string of the molecule is CC(=O)N[C@@H](CS(=O)Cc1cccc(O)c1)C(=O)O. The molecule has 6 nitrogen and oxygen atoms in total. The largest absolute Gasteiger partial charge is 0.508 e. The Morgan fingerprint density at radius 2 is 2.11 bits per heavy atom. The lowest BCUT2D eigenvalue weighted by Crippen LogP contribution is -2.43. The smallest absolute Gasteiger partial charge is 0.327 e.